The average molecular weight is 1040 g/mol. The molecule has 10 bridgehead atoms. The summed E-state index contributed by atoms with van der Waals surface area (Å²) in [6, 6.07) is 64.2. The zero-order valence-corrected chi connectivity index (χ0v) is 38.2. The smallest absolute Gasteiger partial charge is 0.135 e. The van der Waals surface area contributed by atoms with E-state index >= 15 is 0 Å². The van der Waals surface area contributed by atoms with Gasteiger partial charge < -0.3 is 23.8 Å². The summed E-state index contributed by atoms with van der Waals surface area (Å²) < 4.78 is 60.6. The molecule has 8 aromatic carbocycles. The quantitative estimate of drug-likeness (QED) is 0.165. The van der Waals surface area contributed by atoms with Gasteiger partial charge in [-0.3, -0.25) is 0 Å². The van der Waals surface area contributed by atoms with Crippen molar-refractivity contribution in [1.82, 2.24) is 9.55 Å². The fourth-order valence-corrected chi connectivity index (χ4v) is 9.18. The molecule has 3 aliphatic heterocycles. The molecule has 0 N–H and O–H groups in total. The molecular weight excluding hydrogens is 992 g/mol. The van der Waals surface area contributed by atoms with E-state index in [1.165, 1.54) is 0 Å². The van der Waals surface area contributed by atoms with Crippen LogP contribution in [0.3, 0.4) is 0 Å². The summed E-state index contributed by atoms with van der Waals surface area (Å²) >= 11 is 0. The van der Waals surface area contributed by atoms with E-state index in [0.29, 0.717) is 45.2 Å². The SMILES string of the molecule is [2H]C([2H])([2H])c1ccc2[c-]c1Oc1[c-]c3c(cc1)c1ccccc1n3-c1cc(C([2H])([2H])C(C)C)c(cn1)-c1ccccc1Oc1cccc(c1)-c1cccc(-c3ccccc3)c1N1[CH-]N2c2ccccc21.[Pt]. The number of rotatable bonds is 3. The van der Waals surface area contributed by atoms with E-state index in [0.717, 1.165) is 55.6 Å². The van der Waals surface area contributed by atoms with Gasteiger partial charge in [0.2, 0.25) is 0 Å². The maximum Gasteiger partial charge on any atom is 0.135 e. The fourth-order valence-electron chi connectivity index (χ4n) is 9.18. The van der Waals surface area contributed by atoms with Crippen LogP contribution in [0, 0.1) is 31.6 Å². The maximum absolute atomic E-state index is 9.63. The molecule has 324 valence electrons. The average Bonchev–Trinajstić information content (AvgIpc) is 3.92. The van der Waals surface area contributed by atoms with Crippen LogP contribution in [0.1, 0.15) is 31.8 Å². The van der Waals surface area contributed by atoms with Gasteiger partial charge in [0, 0.05) is 90.4 Å². The van der Waals surface area contributed by atoms with Gasteiger partial charge in [-0.1, -0.05) is 135 Å². The fraction of sp³-hybridized carbons (Fsp3) is 0.0847. The van der Waals surface area contributed by atoms with Crippen LogP contribution in [-0.2, 0) is 27.4 Å². The van der Waals surface area contributed by atoms with E-state index in [9.17, 15) is 2.74 Å². The Labute approximate surface area is 406 Å². The first-order valence-corrected chi connectivity index (χ1v) is 21.7. The molecule has 0 amide bonds. The van der Waals surface area contributed by atoms with Crippen LogP contribution in [-0.4, -0.2) is 9.55 Å². The van der Waals surface area contributed by atoms with Gasteiger partial charge in [-0.2, -0.15) is 12.1 Å². The second-order valence-electron chi connectivity index (χ2n) is 16.6. The van der Waals surface area contributed by atoms with E-state index in [2.05, 4.69) is 59.5 Å². The summed E-state index contributed by atoms with van der Waals surface area (Å²) in [6.45, 7) is 3.24. The minimum atomic E-state index is -2.54. The first-order valence-electron chi connectivity index (χ1n) is 24.2. The van der Waals surface area contributed by atoms with Gasteiger partial charge in [0.1, 0.15) is 17.3 Å². The van der Waals surface area contributed by atoms with Gasteiger partial charge in [0.05, 0.1) is 0 Å². The molecule has 0 unspecified atom stereocenters. The minimum Gasteiger partial charge on any atom is -0.509 e. The van der Waals surface area contributed by atoms with Gasteiger partial charge in [-0.25, -0.2) is 4.98 Å². The molecule has 0 aliphatic carbocycles. The number of hydrogen-bond acceptors (Lipinski definition) is 5. The van der Waals surface area contributed by atoms with Crippen LogP contribution in [0.25, 0.3) is 61.0 Å². The standard InChI is InChI=1S/C59H43N4O2.Pt/c1-38(2)31-42-33-58-60-36-51(42)50-20-8-12-26-56(50)64-44-18-13-17-41(32-44)47-22-14-21-46(40-15-5-4-6-16-40)59(47)62-37-61(53-24-10-11-25-54(53)62)43-28-27-39(3)57(34-43)65-45-29-30-49-48-19-7-9-23-52(48)63(58)55(49)35-45;/h4-30,32-33,36-38H,31H2,1-3H3;/q-3;/i3D3,31D2;. The molecule has 7 heteroatoms. The minimum absolute atomic E-state index is 0. The Hall–Kier alpha value is -7.40. The van der Waals surface area contributed by atoms with Crippen LogP contribution in [0.2, 0.25) is 0 Å². The van der Waals surface area contributed by atoms with Gasteiger partial charge in [0.15, 0.2) is 0 Å². The molecule has 10 aromatic rings. The summed E-state index contributed by atoms with van der Waals surface area (Å²) in [5, 5.41) is 1.80. The van der Waals surface area contributed by atoms with Gasteiger partial charge in [-0.05, 0) is 76.8 Å². The number of fused-ring (bicyclic) bond motifs is 5. The number of aryl methyl sites for hydroxylation is 1. The molecule has 13 rings (SSSR count). The summed E-state index contributed by atoms with van der Waals surface area (Å²) in [5.41, 5.74) is 10.3. The number of hydrogen-bond donors (Lipinski definition) is 0. The van der Waals surface area contributed by atoms with Crippen LogP contribution in [0.4, 0.5) is 22.7 Å². The molecule has 0 saturated heterocycles. The normalized spacial score (nSPS) is 14.2. The number of ether oxygens (including phenoxy) is 2. The third kappa shape index (κ3) is 7.13. The summed E-state index contributed by atoms with van der Waals surface area (Å²) in [5.74, 6) is 1.51. The van der Waals surface area contributed by atoms with Gasteiger partial charge >= 0.3 is 0 Å². The maximum atomic E-state index is 9.63. The van der Waals surface area contributed by atoms with Crippen LogP contribution in [0.15, 0.2) is 182 Å². The number of anilines is 4. The Morgan fingerprint density at radius 1 is 0.652 bits per heavy atom. The molecular formula is C59H43N4O2Pt-3. The van der Waals surface area contributed by atoms with E-state index < -0.39 is 19.1 Å². The number of benzene rings is 8. The predicted octanol–water partition coefficient (Wildman–Crippen LogP) is 15.6. The third-order valence-corrected chi connectivity index (χ3v) is 12.0. The van der Waals surface area contributed by atoms with E-state index in [-0.39, 0.29) is 38.1 Å². The molecule has 2 aromatic heterocycles. The Morgan fingerprint density at radius 3 is 2.23 bits per heavy atom. The van der Waals surface area contributed by atoms with Crippen molar-refractivity contribution >= 4 is 44.6 Å². The number of aromatic nitrogens is 2. The largest absolute Gasteiger partial charge is 0.509 e. The summed E-state index contributed by atoms with van der Waals surface area (Å²) in [4.78, 5) is 9.28. The molecule has 0 saturated carbocycles. The Balaban J connectivity index is 0.00000547. The van der Waals surface area contributed by atoms with Crippen molar-refractivity contribution in [3.63, 3.8) is 0 Å². The molecule has 3 aliphatic rings. The van der Waals surface area contributed by atoms with E-state index in [4.69, 9.17) is 18.6 Å². The Kier molecular flexibility index (Phi) is 9.17. The van der Waals surface area contributed by atoms with Crippen molar-refractivity contribution in [1.29, 1.82) is 0 Å². The number of para-hydroxylation sites is 5. The van der Waals surface area contributed by atoms with E-state index in [1.807, 2.05) is 145 Å². The molecule has 0 fully saturated rings. The first-order chi connectivity index (χ1) is 33.9. The van der Waals surface area contributed by atoms with Crippen molar-refractivity contribution in [2.75, 3.05) is 9.80 Å². The Bertz CT molecular complexity index is 3690. The molecule has 0 radical (unpaired) electrons. The third-order valence-electron chi connectivity index (χ3n) is 12.0. The Morgan fingerprint density at radius 2 is 1.38 bits per heavy atom. The summed E-state index contributed by atoms with van der Waals surface area (Å²) in [6.07, 6.45) is -0.0757. The molecule has 5 heterocycles. The van der Waals surface area contributed by atoms with Crippen LogP contribution in [0.5, 0.6) is 23.0 Å². The zero-order chi connectivity index (χ0) is 47.9. The van der Waals surface area contributed by atoms with Gasteiger partial charge in [0.25, 0.3) is 0 Å². The van der Waals surface area contributed by atoms with Crippen molar-refractivity contribution < 1.29 is 37.4 Å². The number of nitrogens with zero attached hydrogens (tertiary/aromatic N) is 4. The molecule has 66 heavy (non-hydrogen) atoms. The molecule has 0 atom stereocenters. The molecule has 0 spiro atoms. The monoisotopic (exact) mass is 1040 g/mol. The van der Waals surface area contributed by atoms with Gasteiger partial charge in [-0.15, -0.1) is 47.6 Å². The zero-order valence-electron chi connectivity index (χ0n) is 40.9. The van der Waals surface area contributed by atoms with Crippen LogP contribution < -0.4 is 19.3 Å². The molecule has 6 nitrogen and oxygen atoms in total. The van der Waals surface area contributed by atoms with E-state index in [1.54, 1.807) is 24.4 Å². The van der Waals surface area contributed by atoms with Crippen molar-refractivity contribution in [3.8, 4) is 62.2 Å². The predicted molar refractivity (Wildman–Crippen MR) is 264 cm³/mol. The van der Waals surface area contributed by atoms with Crippen molar-refractivity contribution in [3.05, 3.63) is 212 Å². The van der Waals surface area contributed by atoms with Crippen molar-refractivity contribution in [2.45, 2.75) is 27.1 Å². The second-order valence-corrected chi connectivity index (χ2v) is 16.6. The summed E-state index contributed by atoms with van der Waals surface area (Å²) in [7, 11) is 0. The van der Waals surface area contributed by atoms with Crippen molar-refractivity contribution in [2.24, 2.45) is 5.92 Å². The first kappa shape index (κ1) is 35.9. The van der Waals surface area contributed by atoms with Crippen LogP contribution >= 0.6 is 0 Å². The topological polar surface area (TPSA) is 42.8 Å². The number of pyridine rings is 1. The second kappa shape index (κ2) is 16.9.